The van der Waals surface area contributed by atoms with Crippen LogP contribution in [0.25, 0.3) is 0 Å². The molecule has 100 valence electrons. The van der Waals surface area contributed by atoms with Gasteiger partial charge in [-0.25, -0.2) is 0 Å². The van der Waals surface area contributed by atoms with Crippen LogP contribution in [0.5, 0.6) is 0 Å². The van der Waals surface area contributed by atoms with Gasteiger partial charge in [-0.15, -0.1) is 0 Å². The number of aliphatic hydroxyl groups excluding tert-OH is 1. The highest BCUT2D eigenvalue weighted by atomic mass is 16.3. The lowest BCUT2D eigenvalue weighted by Crippen LogP contribution is -2.30. The Bertz CT molecular complexity index is 388. The third-order valence-corrected chi connectivity index (χ3v) is 3.44. The number of nitrogens with one attached hydrogen (secondary N) is 1. The summed E-state index contributed by atoms with van der Waals surface area (Å²) in [5, 5.41) is 12.6. The minimum atomic E-state index is 0.227. The van der Waals surface area contributed by atoms with Crippen LogP contribution in [0.3, 0.4) is 0 Å². The first-order chi connectivity index (χ1) is 8.76. The quantitative estimate of drug-likeness (QED) is 0.775. The van der Waals surface area contributed by atoms with Crippen LogP contribution in [0.1, 0.15) is 30.9 Å². The summed E-state index contributed by atoms with van der Waals surface area (Å²) in [5.74, 6) is 0. The molecule has 0 atom stereocenters. The van der Waals surface area contributed by atoms with Gasteiger partial charge in [-0.05, 0) is 37.9 Å². The van der Waals surface area contributed by atoms with E-state index in [0.717, 1.165) is 19.6 Å². The van der Waals surface area contributed by atoms with Crippen LogP contribution >= 0.6 is 0 Å². The molecule has 1 aromatic rings. The van der Waals surface area contributed by atoms with Crippen molar-refractivity contribution >= 4 is 5.69 Å². The Morgan fingerprint density at radius 1 is 1.39 bits per heavy atom. The second-order valence-corrected chi connectivity index (χ2v) is 5.06. The van der Waals surface area contributed by atoms with Gasteiger partial charge in [0.25, 0.3) is 0 Å². The van der Waals surface area contributed by atoms with Crippen LogP contribution < -0.4 is 10.2 Å². The molecule has 2 rings (SSSR count). The summed E-state index contributed by atoms with van der Waals surface area (Å²) in [7, 11) is 0. The van der Waals surface area contributed by atoms with Crippen LogP contribution in [0.2, 0.25) is 0 Å². The number of rotatable bonds is 7. The number of aliphatic hydroxyl groups is 1. The molecule has 0 spiro atoms. The third kappa shape index (κ3) is 3.24. The molecule has 1 fully saturated rings. The van der Waals surface area contributed by atoms with E-state index in [0.29, 0.717) is 6.04 Å². The molecule has 0 unspecified atom stereocenters. The van der Waals surface area contributed by atoms with Crippen molar-refractivity contribution < 1.29 is 5.11 Å². The molecule has 0 aromatic heterocycles. The predicted molar refractivity (Wildman–Crippen MR) is 76.0 cm³/mol. The molecule has 1 aliphatic carbocycles. The van der Waals surface area contributed by atoms with E-state index >= 15 is 0 Å². The number of aryl methyl sites for hydroxylation is 1. The SMILES string of the molecule is CCNCc1cc(C)ccc1N(CCO)C1CC1. The van der Waals surface area contributed by atoms with E-state index in [1.54, 1.807) is 0 Å². The Balaban J connectivity index is 2.22. The number of hydrogen-bond acceptors (Lipinski definition) is 3. The van der Waals surface area contributed by atoms with Crippen molar-refractivity contribution in [1.29, 1.82) is 0 Å². The van der Waals surface area contributed by atoms with Gasteiger partial charge in [0.2, 0.25) is 0 Å². The molecule has 1 saturated carbocycles. The zero-order valence-corrected chi connectivity index (χ0v) is 11.4. The van der Waals surface area contributed by atoms with Crippen molar-refractivity contribution in [2.24, 2.45) is 0 Å². The van der Waals surface area contributed by atoms with E-state index in [1.165, 1.54) is 29.7 Å². The Labute approximate surface area is 110 Å². The molecule has 0 saturated heterocycles. The standard InChI is InChI=1S/C15H24N2O/c1-3-16-11-13-10-12(2)4-7-15(13)17(8-9-18)14-5-6-14/h4,7,10,14,16,18H,3,5-6,8-9,11H2,1-2H3. The van der Waals surface area contributed by atoms with Crippen molar-refractivity contribution in [3.8, 4) is 0 Å². The topological polar surface area (TPSA) is 35.5 Å². The lowest BCUT2D eigenvalue weighted by Gasteiger charge is -2.27. The average molecular weight is 248 g/mol. The van der Waals surface area contributed by atoms with Gasteiger partial charge < -0.3 is 15.3 Å². The van der Waals surface area contributed by atoms with E-state index in [9.17, 15) is 5.11 Å². The first-order valence-electron chi connectivity index (χ1n) is 6.94. The lowest BCUT2D eigenvalue weighted by molar-refractivity contribution is 0.301. The fourth-order valence-corrected chi connectivity index (χ4v) is 2.39. The van der Waals surface area contributed by atoms with E-state index in [2.05, 4.69) is 42.3 Å². The zero-order chi connectivity index (χ0) is 13.0. The van der Waals surface area contributed by atoms with Gasteiger partial charge in [-0.2, -0.15) is 0 Å². The fourth-order valence-electron chi connectivity index (χ4n) is 2.39. The summed E-state index contributed by atoms with van der Waals surface area (Å²) in [6.45, 7) is 7.12. The van der Waals surface area contributed by atoms with Crippen molar-refractivity contribution in [2.45, 2.75) is 39.3 Å². The summed E-state index contributed by atoms with van der Waals surface area (Å²) in [5.41, 5.74) is 3.93. The summed E-state index contributed by atoms with van der Waals surface area (Å²) in [6, 6.07) is 7.26. The first-order valence-corrected chi connectivity index (χ1v) is 6.94. The van der Waals surface area contributed by atoms with E-state index in [1.807, 2.05) is 0 Å². The molecule has 0 amide bonds. The second-order valence-electron chi connectivity index (χ2n) is 5.06. The molecular weight excluding hydrogens is 224 g/mol. The summed E-state index contributed by atoms with van der Waals surface area (Å²) < 4.78 is 0. The first kappa shape index (κ1) is 13.4. The number of nitrogens with zero attached hydrogens (tertiary/aromatic N) is 1. The van der Waals surface area contributed by atoms with Crippen LogP contribution in [-0.4, -0.2) is 30.8 Å². The molecule has 0 aliphatic heterocycles. The molecular formula is C15H24N2O. The molecule has 18 heavy (non-hydrogen) atoms. The van der Waals surface area contributed by atoms with Crippen molar-refractivity contribution in [3.05, 3.63) is 29.3 Å². The molecule has 2 N–H and O–H groups in total. The Morgan fingerprint density at radius 2 is 2.17 bits per heavy atom. The molecule has 0 radical (unpaired) electrons. The minimum Gasteiger partial charge on any atom is -0.395 e. The number of anilines is 1. The molecule has 3 heteroatoms. The molecule has 0 heterocycles. The predicted octanol–water partition coefficient (Wildman–Crippen LogP) is 2.07. The number of benzene rings is 1. The Morgan fingerprint density at radius 3 is 2.78 bits per heavy atom. The van der Waals surface area contributed by atoms with E-state index < -0.39 is 0 Å². The summed E-state index contributed by atoms with van der Waals surface area (Å²) >= 11 is 0. The smallest absolute Gasteiger partial charge is 0.0606 e. The Hall–Kier alpha value is -1.06. The van der Waals surface area contributed by atoms with Crippen LogP contribution in [-0.2, 0) is 6.54 Å². The highest BCUT2D eigenvalue weighted by Crippen LogP contribution is 2.33. The van der Waals surface area contributed by atoms with Gasteiger partial charge in [0.05, 0.1) is 6.61 Å². The van der Waals surface area contributed by atoms with E-state index in [-0.39, 0.29) is 6.61 Å². The zero-order valence-electron chi connectivity index (χ0n) is 11.4. The normalized spacial score (nSPS) is 14.8. The van der Waals surface area contributed by atoms with Gasteiger partial charge in [0, 0.05) is 24.8 Å². The van der Waals surface area contributed by atoms with Crippen molar-refractivity contribution in [1.82, 2.24) is 5.32 Å². The van der Waals surface area contributed by atoms with Crippen LogP contribution in [0.15, 0.2) is 18.2 Å². The monoisotopic (exact) mass is 248 g/mol. The average Bonchev–Trinajstić information content (AvgIpc) is 3.18. The van der Waals surface area contributed by atoms with Crippen LogP contribution in [0, 0.1) is 6.92 Å². The van der Waals surface area contributed by atoms with Gasteiger partial charge in [0.15, 0.2) is 0 Å². The minimum absolute atomic E-state index is 0.227. The maximum absolute atomic E-state index is 9.24. The highest BCUT2D eigenvalue weighted by molar-refractivity contribution is 5.56. The molecule has 3 nitrogen and oxygen atoms in total. The maximum Gasteiger partial charge on any atom is 0.0606 e. The lowest BCUT2D eigenvalue weighted by atomic mass is 10.1. The van der Waals surface area contributed by atoms with Gasteiger partial charge in [-0.1, -0.05) is 24.6 Å². The molecule has 0 bridgehead atoms. The maximum atomic E-state index is 9.24. The Kier molecular flexibility index (Phi) is 4.61. The largest absolute Gasteiger partial charge is 0.395 e. The van der Waals surface area contributed by atoms with Crippen molar-refractivity contribution in [3.63, 3.8) is 0 Å². The van der Waals surface area contributed by atoms with Gasteiger partial charge >= 0.3 is 0 Å². The van der Waals surface area contributed by atoms with Crippen molar-refractivity contribution in [2.75, 3.05) is 24.6 Å². The van der Waals surface area contributed by atoms with Gasteiger partial charge in [-0.3, -0.25) is 0 Å². The second kappa shape index (κ2) is 6.21. The van der Waals surface area contributed by atoms with Crippen LogP contribution in [0.4, 0.5) is 5.69 Å². The van der Waals surface area contributed by atoms with E-state index in [4.69, 9.17) is 0 Å². The number of hydrogen-bond donors (Lipinski definition) is 2. The summed E-state index contributed by atoms with van der Waals surface area (Å²) in [6.07, 6.45) is 2.52. The molecule has 1 aliphatic rings. The van der Waals surface area contributed by atoms with Gasteiger partial charge in [0.1, 0.15) is 0 Å². The summed E-state index contributed by atoms with van der Waals surface area (Å²) in [4.78, 5) is 2.37. The fraction of sp³-hybridized carbons (Fsp3) is 0.600. The molecule has 1 aromatic carbocycles. The third-order valence-electron chi connectivity index (χ3n) is 3.44. The highest BCUT2D eigenvalue weighted by Gasteiger charge is 2.29.